The molecule has 0 aliphatic heterocycles. The lowest BCUT2D eigenvalue weighted by molar-refractivity contribution is 0.330. The molecule has 0 aromatic heterocycles. The SMILES string of the molecule is CCOc1ccc(NC2CCC(CC)CC2)cc1. The summed E-state index contributed by atoms with van der Waals surface area (Å²) in [6, 6.07) is 8.99. The van der Waals surface area contributed by atoms with Gasteiger partial charge in [0.15, 0.2) is 0 Å². The van der Waals surface area contributed by atoms with Crippen LogP contribution in [0, 0.1) is 5.92 Å². The topological polar surface area (TPSA) is 21.3 Å². The molecule has 1 aromatic rings. The Morgan fingerprint density at radius 3 is 2.28 bits per heavy atom. The zero-order chi connectivity index (χ0) is 12.8. The number of hydrogen-bond donors (Lipinski definition) is 1. The Balaban J connectivity index is 1.82. The molecule has 1 fully saturated rings. The maximum Gasteiger partial charge on any atom is 0.119 e. The Hall–Kier alpha value is -1.18. The van der Waals surface area contributed by atoms with E-state index in [2.05, 4.69) is 24.4 Å². The van der Waals surface area contributed by atoms with Crippen LogP contribution in [0.3, 0.4) is 0 Å². The molecule has 0 heterocycles. The summed E-state index contributed by atoms with van der Waals surface area (Å²) in [5.74, 6) is 1.92. The number of benzene rings is 1. The average molecular weight is 247 g/mol. The molecular weight excluding hydrogens is 222 g/mol. The zero-order valence-corrected chi connectivity index (χ0v) is 11.6. The molecule has 0 amide bonds. The highest BCUT2D eigenvalue weighted by atomic mass is 16.5. The van der Waals surface area contributed by atoms with Crippen molar-refractivity contribution in [1.29, 1.82) is 0 Å². The molecule has 18 heavy (non-hydrogen) atoms. The highest BCUT2D eigenvalue weighted by Crippen LogP contribution is 2.28. The Labute approximate surface area is 111 Å². The maximum absolute atomic E-state index is 5.45. The molecule has 1 aliphatic rings. The molecule has 2 rings (SSSR count). The Morgan fingerprint density at radius 1 is 1.06 bits per heavy atom. The first kappa shape index (κ1) is 13.3. The van der Waals surface area contributed by atoms with Gasteiger partial charge in [0.2, 0.25) is 0 Å². The van der Waals surface area contributed by atoms with Crippen molar-refractivity contribution in [1.82, 2.24) is 0 Å². The monoisotopic (exact) mass is 247 g/mol. The summed E-state index contributed by atoms with van der Waals surface area (Å²) in [6.07, 6.45) is 6.73. The fraction of sp³-hybridized carbons (Fsp3) is 0.625. The van der Waals surface area contributed by atoms with Crippen molar-refractivity contribution >= 4 is 5.69 Å². The molecule has 0 radical (unpaired) electrons. The predicted octanol–water partition coefficient (Wildman–Crippen LogP) is 4.47. The molecule has 0 saturated heterocycles. The van der Waals surface area contributed by atoms with Gasteiger partial charge in [-0.1, -0.05) is 13.3 Å². The summed E-state index contributed by atoms with van der Waals surface area (Å²) >= 11 is 0. The van der Waals surface area contributed by atoms with E-state index in [1.807, 2.05) is 19.1 Å². The van der Waals surface area contributed by atoms with E-state index in [-0.39, 0.29) is 0 Å². The van der Waals surface area contributed by atoms with Crippen molar-refractivity contribution in [2.24, 2.45) is 5.92 Å². The summed E-state index contributed by atoms with van der Waals surface area (Å²) in [7, 11) is 0. The summed E-state index contributed by atoms with van der Waals surface area (Å²) in [6.45, 7) is 5.05. The van der Waals surface area contributed by atoms with Crippen LogP contribution < -0.4 is 10.1 Å². The number of ether oxygens (including phenoxy) is 1. The number of anilines is 1. The first-order valence-electron chi connectivity index (χ1n) is 7.31. The lowest BCUT2D eigenvalue weighted by Crippen LogP contribution is -2.25. The fourth-order valence-electron chi connectivity index (χ4n) is 2.76. The van der Waals surface area contributed by atoms with Gasteiger partial charge in [-0.15, -0.1) is 0 Å². The molecule has 0 bridgehead atoms. The van der Waals surface area contributed by atoms with Crippen LogP contribution in [0.5, 0.6) is 5.75 Å². The quantitative estimate of drug-likeness (QED) is 0.829. The van der Waals surface area contributed by atoms with E-state index in [4.69, 9.17) is 4.74 Å². The lowest BCUT2D eigenvalue weighted by atomic mass is 9.84. The third kappa shape index (κ3) is 3.66. The standard InChI is InChI=1S/C16H25NO/c1-3-13-5-7-14(8-6-13)17-15-9-11-16(12-10-15)18-4-2/h9-14,17H,3-8H2,1-2H3. The normalized spacial score (nSPS) is 23.7. The van der Waals surface area contributed by atoms with Gasteiger partial charge in [-0.2, -0.15) is 0 Å². The molecule has 0 spiro atoms. The molecule has 1 aromatic carbocycles. The van der Waals surface area contributed by atoms with E-state index >= 15 is 0 Å². The van der Waals surface area contributed by atoms with Crippen molar-refractivity contribution < 1.29 is 4.74 Å². The minimum atomic E-state index is 0.658. The van der Waals surface area contributed by atoms with Gasteiger partial charge < -0.3 is 10.1 Å². The second-order valence-corrected chi connectivity index (χ2v) is 5.23. The third-order valence-corrected chi connectivity index (χ3v) is 3.96. The smallest absolute Gasteiger partial charge is 0.119 e. The summed E-state index contributed by atoms with van der Waals surface area (Å²) < 4.78 is 5.45. The second kappa shape index (κ2) is 6.67. The number of hydrogen-bond acceptors (Lipinski definition) is 2. The molecule has 1 aliphatic carbocycles. The van der Waals surface area contributed by atoms with Crippen LogP contribution in [-0.2, 0) is 0 Å². The van der Waals surface area contributed by atoms with E-state index in [0.717, 1.165) is 18.3 Å². The van der Waals surface area contributed by atoms with E-state index in [1.54, 1.807) is 0 Å². The molecular formula is C16H25NO. The highest BCUT2D eigenvalue weighted by Gasteiger charge is 2.19. The second-order valence-electron chi connectivity index (χ2n) is 5.23. The van der Waals surface area contributed by atoms with Crippen LogP contribution in [0.4, 0.5) is 5.69 Å². The van der Waals surface area contributed by atoms with E-state index < -0.39 is 0 Å². The zero-order valence-electron chi connectivity index (χ0n) is 11.6. The van der Waals surface area contributed by atoms with Crippen molar-refractivity contribution in [3.8, 4) is 5.75 Å². The third-order valence-electron chi connectivity index (χ3n) is 3.96. The van der Waals surface area contributed by atoms with E-state index in [9.17, 15) is 0 Å². The van der Waals surface area contributed by atoms with Gasteiger partial charge in [-0.05, 0) is 62.8 Å². The van der Waals surface area contributed by atoms with Gasteiger partial charge in [0.25, 0.3) is 0 Å². The molecule has 1 N–H and O–H groups in total. The van der Waals surface area contributed by atoms with Gasteiger partial charge in [-0.25, -0.2) is 0 Å². The Kier molecular flexibility index (Phi) is 4.91. The van der Waals surface area contributed by atoms with Crippen molar-refractivity contribution in [3.63, 3.8) is 0 Å². The van der Waals surface area contributed by atoms with Crippen LogP contribution in [-0.4, -0.2) is 12.6 Å². The molecule has 100 valence electrons. The largest absolute Gasteiger partial charge is 0.494 e. The van der Waals surface area contributed by atoms with Gasteiger partial charge in [-0.3, -0.25) is 0 Å². The van der Waals surface area contributed by atoms with Crippen LogP contribution in [0.15, 0.2) is 24.3 Å². The molecule has 0 unspecified atom stereocenters. The van der Waals surface area contributed by atoms with Crippen LogP contribution >= 0.6 is 0 Å². The average Bonchev–Trinajstić information content (AvgIpc) is 2.42. The van der Waals surface area contributed by atoms with Crippen molar-refractivity contribution in [3.05, 3.63) is 24.3 Å². The maximum atomic E-state index is 5.45. The summed E-state index contributed by atoms with van der Waals surface area (Å²) in [5, 5.41) is 3.64. The Bertz CT molecular complexity index is 339. The van der Waals surface area contributed by atoms with Crippen molar-refractivity contribution in [2.45, 2.75) is 52.0 Å². The minimum Gasteiger partial charge on any atom is -0.494 e. The van der Waals surface area contributed by atoms with Gasteiger partial charge in [0, 0.05) is 11.7 Å². The van der Waals surface area contributed by atoms with Crippen LogP contribution in [0.1, 0.15) is 46.0 Å². The lowest BCUT2D eigenvalue weighted by Gasteiger charge is -2.29. The van der Waals surface area contributed by atoms with Crippen LogP contribution in [0.25, 0.3) is 0 Å². The highest BCUT2D eigenvalue weighted by molar-refractivity contribution is 5.47. The van der Waals surface area contributed by atoms with E-state index in [0.29, 0.717) is 6.04 Å². The molecule has 2 heteroatoms. The molecule has 2 nitrogen and oxygen atoms in total. The Morgan fingerprint density at radius 2 is 1.72 bits per heavy atom. The van der Waals surface area contributed by atoms with Gasteiger partial charge >= 0.3 is 0 Å². The van der Waals surface area contributed by atoms with Gasteiger partial charge in [0.05, 0.1) is 6.61 Å². The number of nitrogens with one attached hydrogen (secondary N) is 1. The van der Waals surface area contributed by atoms with Crippen LogP contribution in [0.2, 0.25) is 0 Å². The van der Waals surface area contributed by atoms with E-state index in [1.165, 1.54) is 37.8 Å². The fourth-order valence-corrected chi connectivity index (χ4v) is 2.76. The number of rotatable bonds is 5. The first-order chi connectivity index (χ1) is 8.81. The van der Waals surface area contributed by atoms with Gasteiger partial charge in [0.1, 0.15) is 5.75 Å². The molecule has 1 saturated carbocycles. The minimum absolute atomic E-state index is 0.658. The predicted molar refractivity (Wildman–Crippen MR) is 77.3 cm³/mol. The summed E-state index contributed by atoms with van der Waals surface area (Å²) in [5.41, 5.74) is 1.22. The van der Waals surface area contributed by atoms with Crippen molar-refractivity contribution in [2.75, 3.05) is 11.9 Å². The summed E-state index contributed by atoms with van der Waals surface area (Å²) in [4.78, 5) is 0. The molecule has 0 atom stereocenters. The first-order valence-corrected chi connectivity index (χ1v) is 7.31.